The molecule has 20 heavy (non-hydrogen) atoms. The van der Waals surface area contributed by atoms with Crippen molar-refractivity contribution in [3.63, 3.8) is 0 Å². The first-order chi connectivity index (χ1) is 9.60. The number of nitrogens with zero attached hydrogens (tertiary/aromatic N) is 2. The van der Waals surface area contributed by atoms with E-state index in [2.05, 4.69) is 60.7 Å². The first-order valence-electron chi connectivity index (χ1n) is 6.70. The van der Waals surface area contributed by atoms with Crippen molar-refractivity contribution in [1.82, 2.24) is 9.55 Å². The normalized spacial score (nSPS) is 11.2. The lowest BCUT2D eigenvalue weighted by Crippen LogP contribution is -1.97. The highest BCUT2D eigenvalue weighted by Crippen LogP contribution is 2.24. The van der Waals surface area contributed by atoms with E-state index >= 15 is 0 Å². The molecule has 2 aromatic carbocycles. The van der Waals surface area contributed by atoms with Gasteiger partial charge in [-0.3, -0.25) is 4.57 Å². The molecule has 3 rings (SSSR count). The van der Waals surface area contributed by atoms with Crippen LogP contribution >= 0.6 is 11.6 Å². The van der Waals surface area contributed by atoms with Gasteiger partial charge in [0.05, 0.1) is 16.7 Å². The van der Waals surface area contributed by atoms with Crippen LogP contribution in [0.4, 0.5) is 0 Å². The molecular formula is C17H17ClN2. The van der Waals surface area contributed by atoms with Crippen LogP contribution in [-0.2, 0) is 5.88 Å². The predicted molar refractivity (Wildman–Crippen MR) is 84.8 cm³/mol. The largest absolute Gasteiger partial charge is 0.299 e. The van der Waals surface area contributed by atoms with Gasteiger partial charge in [-0.2, -0.15) is 0 Å². The maximum absolute atomic E-state index is 5.95. The van der Waals surface area contributed by atoms with Crippen molar-refractivity contribution >= 4 is 22.6 Å². The molecule has 0 saturated heterocycles. The average molecular weight is 285 g/mol. The number of aromatic nitrogens is 2. The summed E-state index contributed by atoms with van der Waals surface area (Å²) in [6, 6.07) is 10.7. The number of benzene rings is 2. The number of fused-ring (bicyclic) bond motifs is 1. The van der Waals surface area contributed by atoms with Crippen LogP contribution in [-0.4, -0.2) is 9.55 Å². The quantitative estimate of drug-likeness (QED) is 0.624. The van der Waals surface area contributed by atoms with Crippen molar-refractivity contribution in [3.05, 3.63) is 58.9 Å². The Morgan fingerprint density at radius 1 is 1.00 bits per heavy atom. The van der Waals surface area contributed by atoms with Gasteiger partial charge in [0.2, 0.25) is 0 Å². The van der Waals surface area contributed by atoms with Gasteiger partial charge in [-0.15, -0.1) is 11.6 Å². The topological polar surface area (TPSA) is 17.8 Å². The minimum Gasteiger partial charge on any atom is -0.299 e. The van der Waals surface area contributed by atoms with E-state index in [0.29, 0.717) is 5.88 Å². The average Bonchev–Trinajstić information content (AvgIpc) is 2.83. The van der Waals surface area contributed by atoms with Gasteiger partial charge in [0.1, 0.15) is 6.33 Å². The molecule has 1 heterocycles. The lowest BCUT2D eigenvalue weighted by atomic mass is 10.1. The lowest BCUT2D eigenvalue weighted by molar-refractivity contribution is 1.06. The Labute approximate surface area is 124 Å². The van der Waals surface area contributed by atoms with Crippen LogP contribution in [0.1, 0.15) is 22.3 Å². The van der Waals surface area contributed by atoms with Gasteiger partial charge in [-0.05, 0) is 61.2 Å². The van der Waals surface area contributed by atoms with Crippen LogP contribution in [0.15, 0.2) is 36.7 Å². The molecule has 0 N–H and O–H groups in total. The highest BCUT2D eigenvalue weighted by atomic mass is 35.5. The summed E-state index contributed by atoms with van der Waals surface area (Å²) >= 11 is 5.95. The van der Waals surface area contributed by atoms with E-state index in [1.165, 1.54) is 16.7 Å². The molecule has 0 spiro atoms. The summed E-state index contributed by atoms with van der Waals surface area (Å²) in [5, 5.41) is 0. The molecule has 3 aromatic rings. The molecule has 0 aliphatic rings. The predicted octanol–water partition coefficient (Wildman–Crippen LogP) is 4.69. The Kier molecular flexibility index (Phi) is 3.27. The Hall–Kier alpha value is -1.80. The number of alkyl halides is 1. The van der Waals surface area contributed by atoms with Gasteiger partial charge < -0.3 is 0 Å². The standard InChI is InChI=1S/C17H17ClN2/c1-11-4-5-14(9-18)8-16(11)20-10-19-15-6-12(2)13(3)7-17(15)20/h4-8,10H,9H2,1-3H3. The summed E-state index contributed by atoms with van der Waals surface area (Å²) in [4.78, 5) is 4.52. The number of rotatable bonds is 2. The molecule has 3 heteroatoms. The van der Waals surface area contributed by atoms with Crippen molar-refractivity contribution in [1.29, 1.82) is 0 Å². The molecule has 0 saturated carbocycles. The Bertz CT molecular complexity index is 787. The zero-order valence-corrected chi connectivity index (χ0v) is 12.7. The van der Waals surface area contributed by atoms with Crippen LogP contribution in [0.25, 0.3) is 16.7 Å². The van der Waals surface area contributed by atoms with E-state index < -0.39 is 0 Å². The fourth-order valence-electron chi connectivity index (χ4n) is 2.45. The summed E-state index contributed by atoms with van der Waals surface area (Å²) in [5.41, 5.74) is 8.22. The molecule has 0 radical (unpaired) electrons. The summed E-state index contributed by atoms with van der Waals surface area (Å²) < 4.78 is 2.15. The van der Waals surface area contributed by atoms with Crippen molar-refractivity contribution in [2.24, 2.45) is 0 Å². The molecule has 0 aliphatic heterocycles. The first kappa shape index (κ1) is 13.2. The fraction of sp³-hybridized carbons (Fsp3) is 0.235. The van der Waals surface area contributed by atoms with Gasteiger partial charge >= 0.3 is 0 Å². The monoisotopic (exact) mass is 284 g/mol. The van der Waals surface area contributed by atoms with Crippen molar-refractivity contribution < 1.29 is 0 Å². The van der Waals surface area contributed by atoms with Crippen molar-refractivity contribution in [3.8, 4) is 5.69 Å². The summed E-state index contributed by atoms with van der Waals surface area (Å²) in [5.74, 6) is 0.526. The maximum atomic E-state index is 5.95. The van der Waals surface area contributed by atoms with Gasteiger partial charge in [-0.25, -0.2) is 4.98 Å². The van der Waals surface area contributed by atoms with Gasteiger partial charge in [0, 0.05) is 5.88 Å². The zero-order valence-electron chi connectivity index (χ0n) is 11.9. The molecule has 102 valence electrons. The minimum atomic E-state index is 0.526. The molecule has 1 aromatic heterocycles. The molecule has 0 amide bonds. The van der Waals surface area contributed by atoms with Crippen LogP contribution in [0.5, 0.6) is 0 Å². The van der Waals surface area contributed by atoms with Crippen LogP contribution in [0.2, 0.25) is 0 Å². The van der Waals surface area contributed by atoms with E-state index in [-0.39, 0.29) is 0 Å². The number of halogens is 1. The third-order valence-corrected chi connectivity index (χ3v) is 4.16. The Morgan fingerprint density at radius 3 is 2.50 bits per heavy atom. The number of imidazole rings is 1. The molecule has 0 bridgehead atoms. The third-order valence-electron chi connectivity index (χ3n) is 3.85. The fourth-order valence-corrected chi connectivity index (χ4v) is 2.62. The second-order valence-electron chi connectivity index (χ2n) is 5.29. The molecule has 2 nitrogen and oxygen atoms in total. The third kappa shape index (κ3) is 2.10. The Morgan fingerprint density at radius 2 is 1.75 bits per heavy atom. The highest BCUT2D eigenvalue weighted by molar-refractivity contribution is 6.17. The zero-order chi connectivity index (χ0) is 14.3. The second-order valence-corrected chi connectivity index (χ2v) is 5.56. The number of hydrogen-bond donors (Lipinski definition) is 0. The van der Waals surface area contributed by atoms with E-state index in [9.17, 15) is 0 Å². The molecule has 0 atom stereocenters. The van der Waals surface area contributed by atoms with Crippen LogP contribution < -0.4 is 0 Å². The Balaban J connectivity index is 2.27. The lowest BCUT2D eigenvalue weighted by Gasteiger charge is -2.10. The molecule has 0 unspecified atom stereocenters. The maximum Gasteiger partial charge on any atom is 0.100 e. The van der Waals surface area contributed by atoms with Gasteiger partial charge in [0.25, 0.3) is 0 Å². The van der Waals surface area contributed by atoms with E-state index in [4.69, 9.17) is 11.6 Å². The van der Waals surface area contributed by atoms with Crippen molar-refractivity contribution in [2.45, 2.75) is 26.7 Å². The molecule has 0 aliphatic carbocycles. The SMILES string of the molecule is Cc1cc2ncn(-c3cc(CCl)ccc3C)c2cc1C. The van der Waals surface area contributed by atoms with Gasteiger partial charge in [0.15, 0.2) is 0 Å². The summed E-state index contributed by atoms with van der Waals surface area (Å²) in [7, 11) is 0. The number of hydrogen-bond acceptors (Lipinski definition) is 1. The van der Waals surface area contributed by atoms with Crippen LogP contribution in [0, 0.1) is 20.8 Å². The molecule has 0 fully saturated rings. The molecular weight excluding hydrogens is 268 g/mol. The van der Waals surface area contributed by atoms with Crippen molar-refractivity contribution in [2.75, 3.05) is 0 Å². The van der Waals surface area contributed by atoms with E-state index in [1.54, 1.807) is 0 Å². The van der Waals surface area contributed by atoms with E-state index in [0.717, 1.165) is 22.3 Å². The van der Waals surface area contributed by atoms with Crippen LogP contribution in [0.3, 0.4) is 0 Å². The smallest absolute Gasteiger partial charge is 0.100 e. The van der Waals surface area contributed by atoms with Gasteiger partial charge in [-0.1, -0.05) is 12.1 Å². The summed E-state index contributed by atoms with van der Waals surface area (Å²) in [6.07, 6.45) is 1.89. The first-order valence-corrected chi connectivity index (χ1v) is 7.24. The van der Waals surface area contributed by atoms with E-state index in [1.807, 2.05) is 6.33 Å². The summed E-state index contributed by atoms with van der Waals surface area (Å²) in [6.45, 7) is 6.36. The highest BCUT2D eigenvalue weighted by Gasteiger charge is 2.09. The number of aryl methyl sites for hydroxylation is 3. The minimum absolute atomic E-state index is 0.526. The second kappa shape index (κ2) is 4.95.